The van der Waals surface area contributed by atoms with Crippen LogP contribution in [-0.4, -0.2) is 36.0 Å². The molecule has 1 rings (SSSR count). The molecule has 0 radical (unpaired) electrons. The van der Waals surface area contributed by atoms with E-state index in [-0.39, 0.29) is 0 Å². The van der Waals surface area contributed by atoms with Crippen molar-refractivity contribution in [3.8, 4) is 5.75 Å². The summed E-state index contributed by atoms with van der Waals surface area (Å²) in [7, 11) is -7.61. The van der Waals surface area contributed by atoms with Gasteiger partial charge in [-0.3, -0.25) is 0 Å². The summed E-state index contributed by atoms with van der Waals surface area (Å²) >= 11 is 0. The first-order valence-electron chi connectivity index (χ1n) is 6.49. The van der Waals surface area contributed by atoms with E-state index in [0.29, 0.717) is 17.9 Å². The topological polar surface area (TPSA) is 77.5 Å². The van der Waals surface area contributed by atoms with E-state index in [1.807, 2.05) is 0 Å². The highest BCUT2D eigenvalue weighted by Crippen LogP contribution is 2.19. The Balaban J connectivity index is 3.03. The molecule has 0 atom stereocenters. The fourth-order valence-electron chi connectivity index (χ4n) is 1.62. The number of hydrogen-bond donors (Lipinski definition) is 0. The van der Waals surface area contributed by atoms with E-state index in [1.165, 1.54) is 0 Å². The zero-order chi connectivity index (χ0) is 16.1. The Bertz CT molecular complexity index is 664. The molecule has 21 heavy (non-hydrogen) atoms. The van der Waals surface area contributed by atoms with E-state index in [0.717, 1.165) is 31.4 Å². The minimum Gasteiger partial charge on any atom is -0.494 e. The Labute approximate surface area is 126 Å². The lowest BCUT2D eigenvalue weighted by atomic mass is 10.2. The van der Waals surface area contributed by atoms with Gasteiger partial charge in [-0.2, -0.15) is 0 Å². The van der Waals surface area contributed by atoms with Crippen LogP contribution in [-0.2, 0) is 19.7 Å². The molecule has 0 unspecified atom stereocenters. The van der Waals surface area contributed by atoms with E-state index >= 15 is 0 Å². The zero-order valence-electron chi connectivity index (χ0n) is 12.4. The summed E-state index contributed by atoms with van der Waals surface area (Å²) in [5, 5.41) is 0. The Kier molecular flexibility index (Phi) is 5.98. The summed E-state index contributed by atoms with van der Waals surface area (Å²) in [4.78, 5) is 0. The molecule has 0 bridgehead atoms. The van der Waals surface area contributed by atoms with Crippen molar-refractivity contribution in [3.05, 3.63) is 34.1 Å². The fourth-order valence-corrected chi connectivity index (χ4v) is 4.52. The lowest BCUT2D eigenvalue weighted by Gasteiger charge is -2.06. The maximum absolute atomic E-state index is 11.6. The molecule has 0 saturated heterocycles. The summed E-state index contributed by atoms with van der Waals surface area (Å²) in [5.74, 6) is 0.667. The van der Waals surface area contributed by atoms with Crippen molar-refractivity contribution in [2.45, 2.75) is 19.8 Å². The third-order valence-corrected chi connectivity index (χ3v) is 6.18. The third kappa shape index (κ3) is 5.89. The van der Waals surface area contributed by atoms with Crippen molar-refractivity contribution in [1.82, 2.24) is 0 Å². The normalized spacial score (nSPS) is 12.0. The largest absolute Gasteiger partial charge is 0.494 e. The van der Waals surface area contributed by atoms with Gasteiger partial charge in [0.15, 0.2) is 23.9 Å². The van der Waals surface area contributed by atoms with E-state index in [2.05, 4.69) is 6.92 Å². The summed E-state index contributed by atoms with van der Waals surface area (Å²) < 4.78 is 51.1. The molecule has 0 aliphatic carbocycles. The van der Waals surface area contributed by atoms with Crippen LogP contribution in [0.25, 0.3) is 6.08 Å². The fraction of sp³-hybridized carbons (Fsp3) is 0.429. The van der Waals surface area contributed by atoms with Crippen molar-refractivity contribution >= 4 is 25.8 Å². The highest BCUT2D eigenvalue weighted by atomic mass is 32.3. The van der Waals surface area contributed by atoms with Gasteiger partial charge in [0.2, 0.25) is 0 Å². The van der Waals surface area contributed by atoms with Crippen molar-refractivity contribution < 1.29 is 21.6 Å². The van der Waals surface area contributed by atoms with Crippen LogP contribution in [0.4, 0.5) is 0 Å². The minimum atomic E-state index is -3.81. The number of unbranched alkanes of at least 4 members (excludes halogenated alkanes) is 1. The lowest BCUT2D eigenvalue weighted by molar-refractivity contribution is 0.309. The number of hydrogen-bond acceptors (Lipinski definition) is 5. The molecule has 0 heterocycles. The zero-order valence-corrected chi connectivity index (χ0v) is 14.0. The standard InChI is InChI=1S/C14H20O5S2/c1-4-5-10-19-13-8-6-12(7-9-13)11-14(20(2,15)16)21(3,17)18/h6-9,11H,4-5,10H2,1-3H3. The molecular formula is C14H20O5S2. The van der Waals surface area contributed by atoms with Gasteiger partial charge in [-0.25, -0.2) is 16.8 Å². The van der Waals surface area contributed by atoms with Gasteiger partial charge in [0.05, 0.1) is 6.61 Å². The van der Waals surface area contributed by atoms with E-state index < -0.39 is 23.9 Å². The first-order valence-corrected chi connectivity index (χ1v) is 10.3. The first kappa shape index (κ1) is 17.7. The second-order valence-corrected chi connectivity index (χ2v) is 9.01. The maximum atomic E-state index is 11.6. The van der Waals surface area contributed by atoms with Crippen molar-refractivity contribution in [2.24, 2.45) is 0 Å². The molecular weight excluding hydrogens is 312 g/mol. The van der Waals surface area contributed by atoms with Gasteiger partial charge in [-0.05, 0) is 30.2 Å². The van der Waals surface area contributed by atoms with Gasteiger partial charge in [-0.1, -0.05) is 25.5 Å². The second kappa shape index (κ2) is 7.09. The van der Waals surface area contributed by atoms with Crippen molar-refractivity contribution in [3.63, 3.8) is 0 Å². The average Bonchev–Trinajstić information content (AvgIpc) is 2.35. The summed E-state index contributed by atoms with van der Waals surface area (Å²) in [6.45, 7) is 2.68. The minimum absolute atomic E-state index is 0.490. The lowest BCUT2D eigenvalue weighted by Crippen LogP contribution is -2.11. The van der Waals surface area contributed by atoms with E-state index in [1.54, 1.807) is 24.3 Å². The summed E-state index contributed by atoms with van der Waals surface area (Å²) in [6, 6.07) is 6.61. The monoisotopic (exact) mass is 332 g/mol. The highest BCUT2D eigenvalue weighted by molar-refractivity contribution is 8.14. The molecule has 1 aromatic carbocycles. The van der Waals surface area contributed by atoms with Crippen LogP contribution in [0, 0.1) is 0 Å². The summed E-state index contributed by atoms with van der Waals surface area (Å²) in [5.41, 5.74) is 0.490. The van der Waals surface area contributed by atoms with E-state index in [4.69, 9.17) is 4.74 Å². The van der Waals surface area contributed by atoms with E-state index in [9.17, 15) is 16.8 Å². The summed E-state index contributed by atoms with van der Waals surface area (Å²) in [6.07, 6.45) is 4.89. The van der Waals surface area contributed by atoms with Gasteiger partial charge >= 0.3 is 0 Å². The molecule has 0 fully saturated rings. The molecule has 0 aromatic heterocycles. The van der Waals surface area contributed by atoms with Crippen LogP contribution in [0.3, 0.4) is 0 Å². The Hall–Kier alpha value is -1.34. The smallest absolute Gasteiger partial charge is 0.186 e. The van der Waals surface area contributed by atoms with Gasteiger partial charge in [-0.15, -0.1) is 0 Å². The Morgan fingerprint density at radius 2 is 1.57 bits per heavy atom. The van der Waals surface area contributed by atoms with Crippen molar-refractivity contribution in [2.75, 3.05) is 19.1 Å². The average molecular weight is 332 g/mol. The predicted octanol–water partition coefficient (Wildman–Crippen LogP) is 2.25. The number of benzene rings is 1. The molecule has 0 saturated carbocycles. The van der Waals surface area contributed by atoms with Crippen LogP contribution < -0.4 is 4.74 Å². The van der Waals surface area contributed by atoms with Crippen LogP contribution in [0.15, 0.2) is 28.5 Å². The Morgan fingerprint density at radius 3 is 2.00 bits per heavy atom. The third-order valence-electron chi connectivity index (χ3n) is 2.66. The molecule has 0 aliphatic rings. The number of rotatable bonds is 7. The van der Waals surface area contributed by atoms with Crippen LogP contribution >= 0.6 is 0 Å². The molecule has 0 aliphatic heterocycles. The van der Waals surface area contributed by atoms with Crippen LogP contribution in [0.2, 0.25) is 0 Å². The van der Waals surface area contributed by atoms with Gasteiger partial charge in [0.25, 0.3) is 0 Å². The van der Waals surface area contributed by atoms with Gasteiger partial charge in [0.1, 0.15) is 5.75 Å². The van der Waals surface area contributed by atoms with Gasteiger partial charge < -0.3 is 4.74 Å². The molecule has 0 amide bonds. The first-order chi connectivity index (χ1) is 9.64. The quantitative estimate of drug-likeness (QED) is 0.716. The number of sulfone groups is 2. The highest BCUT2D eigenvalue weighted by Gasteiger charge is 2.22. The van der Waals surface area contributed by atoms with Crippen LogP contribution in [0.1, 0.15) is 25.3 Å². The molecule has 0 N–H and O–H groups in total. The van der Waals surface area contributed by atoms with Crippen LogP contribution in [0.5, 0.6) is 5.75 Å². The maximum Gasteiger partial charge on any atom is 0.186 e. The SMILES string of the molecule is CCCCOc1ccc(C=C(S(C)(=O)=O)S(C)(=O)=O)cc1. The van der Waals surface area contributed by atoms with Gasteiger partial charge in [0, 0.05) is 12.5 Å². The molecule has 1 aromatic rings. The molecule has 7 heteroatoms. The predicted molar refractivity (Wildman–Crippen MR) is 84.5 cm³/mol. The van der Waals surface area contributed by atoms with Crippen molar-refractivity contribution in [1.29, 1.82) is 0 Å². The molecule has 5 nitrogen and oxygen atoms in total. The molecule has 118 valence electrons. The number of ether oxygens (including phenoxy) is 1. The second-order valence-electron chi connectivity index (χ2n) is 4.78. The molecule has 0 spiro atoms. The Morgan fingerprint density at radius 1 is 1.05 bits per heavy atom.